The zero-order valence-electron chi connectivity index (χ0n) is 8.96. The molecule has 0 unspecified atom stereocenters. The fourth-order valence-corrected chi connectivity index (χ4v) is 1.23. The molecule has 0 amide bonds. The lowest BCUT2D eigenvalue weighted by molar-refractivity contribution is -0.136. The van der Waals surface area contributed by atoms with Gasteiger partial charge < -0.3 is 9.84 Å². The van der Waals surface area contributed by atoms with Crippen LogP contribution in [0, 0.1) is 11.6 Å². The molecule has 0 fully saturated rings. The van der Waals surface area contributed by atoms with Crippen LogP contribution in [-0.4, -0.2) is 17.2 Å². The molecule has 1 aromatic carbocycles. The van der Waals surface area contributed by atoms with Gasteiger partial charge in [0, 0.05) is 5.56 Å². The van der Waals surface area contributed by atoms with Gasteiger partial charge in [0.15, 0.2) is 11.6 Å². The van der Waals surface area contributed by atoms with Crippen molar-refractivity contribution in [3.63, 3.8) is 0 Å². The van der Waals surface area contributed by atoms with Crippen molar-refractivity contribution in [1.29, 1.82) is 0 Å². The molecule has 0 atom stereocenters. The normalized spacial score (nSPS) is 10.6. The number of carboxylic acids is 1. The zero-order valence-corrected chi connectivity index (χ0v) is 8.96. The molecule has 5 heteroatoms. The Morgan fingerprint density at radius 1 is 1.44 bits per heavy atom. The standard InChI is InChI=1S/C11H12F2O3/c1-6(2)16-9-4-3-8(12)7(11(9)13)5-10(14)15/h3-4,6H,5H2,1-2H3,(H,14,15). The van der Waals surface area contributed by atoms with Gasteiger partial charge >= 0.3 is 5.97 Å². The van der Waals surface area contributed by atoms with Gasteiger partial charge in [0.2, 0.25) is 0 Å². The highest BCUT2D eigenvalue weighted by atomic mass is 19.1. The predicted octanol–water partition coefficient (Wildman–Crippen LogP) is 2.38. The van der Waals surface area contributed by atoms with E-state index in [0.717, 1.165) is 12.1 Å². The minimum atomic E-state index is -1.29. The van der Waals surface area contributed by atoms with E-state index in [1.54, 1.807) is 13.8 Å². The Hall–Kier alpha value is -1.65. The summed E-state index contributed by atoms with van der Waals surface area (Å²) in [5.74, 6) is -3.25. The van der Waals surface area contributed by atoms with E-state index in [9.17, 15) is 13.6 Å². The number of carbonyl (C=O) groups is 1. The summed E-state index contributed by atoms with van der Waals surface area (Å²) >= 11 is 0. The third-order valence-electron chi connectivity index (χ3n) is 1.84. The van der Waals surface area contributed by atoms with Crippen LogP contribution >= 0.6 is 0 Å². The molecule has 0 bridgehead atoms. The molecule has 0 aromatic heterocycles. The smallest absolute Gasteiger partial charge is 0.308 e. The van der Waals surface area contributed by atoms with Gasteiger partial charge in [-0.3, -0.25) is 4.79 Å². The maximum absolute atomic E-state index is 13.6. The predicted molar refractivity (Wildman–Crippen MR) is 53.5 cm³/mol. The van der Waals surface area contributed by atoms with E-state index in [4.69, 9.17) is 9.84 Å². The van der Waals surface area contributed by atoms with E-state index in [1.165, 1.54) is 0 Å². The second kappa shape index (κ2) is 4.92. The van der Waals surface area contributed by atoms with Gasteiger partial charge in [-0.15, -0.1) is 0 Å². The minimum Gasteiger partial charge on any atom is -0.488 e. The third-order valence-corrected chi connectivity index (χ3v) is 1.84. The number of carboxylic acid groups (broad SMARTS) is 1. The van der Waals surface area contributed by atoms with Crippen LogP contribution in [0.3, 0.4) is 0 Å². The molecule has 1 rings (SSSR count). The SMILES string of the molecule is CC(C)Oc1ccc(F)c(CC(=O)O)c1F. The number of ether oxygens (including phenoxy) is 1. The van der Waals surface area contributed by atoms with E-state index >= 15 is 0 Å². The Balaban J connectivity index is 3.10. The summed E-state index contributed by atoms with van der Waals surface area (Å²) in [7, 11) is 0. The van der Waals surface area contributed by atoms with Gasteiger partial charge in [-0.1, -0.05) is 0 Å². The second-order valence-corrected chi connectivity index (χ2v) is 3.58. The Morgan fingerprint density at radius 3 is 2.56 bits per heavy atom. The zero-order chi connectivity index (χ0) is 12.3. The quantitative estimate of drug-likeness (QED) is 0.863. The first-order valence-electron chi connectivity index (χ1n) is 4.77. The van der Waals surface area contributed by atoms with Crippen molar-refractivity contribution in [2.24, 2.45) is 0 Å². The minimum absolute atomic E-state index is 0.132. The van der Waals surface area contributed by atoms with E-state index in [2.05, 4.69) is 0 Å². The highest BCUT2D eigenvalue weighted by Gasteiger charge is 2.17. The molecule has 1 aromatic rings. The number of halogens is 2. The van der Waals surface area contributed by atoms with Gasteiger partial charge in [0.05, 0.1) is 12.5 Å². The number of benzene rings is 1. The van der Waals surface area contributed by atoms with Crippen molar-refractivity contribution in [1.82, 2.24) is 0 Å². The molecule has 0 saturated heterocycles. The maximum atomic E-state index is 13.6. The lowest BCUT2D eigenvalue weighted by Crippen LogP contribution is -2.11. The van der Waals surface area contributed by atoms with Crippen LogP contribution in [-0.2, 0) is 11.2 Å². The number of hydrogen-bond acceptors (Lipinski definition) is 2. The van der Waals surface area contributed by atoms with Gasteiger partial charge in [-0.2, -0.15) is 0 Å². The van der Waals surface area contributed by atoms with Crippen molar-refractivity contribution in [3.05, 3.63) is 29.3 Å². The summed E-state index contributed by atoms with van der Waals surface area (Å²) in [6, 6.07) is 2.15. The molecule has 88 valence electrons. The van der Waals surface area contributed by atoms with Crippen LogP contribution < -0.4 is 4.74 Å². The van der Waals surface area contributed by atoms with E-state index in [0.29, 0.717) is 0 Å². The van der Waals surface area contributed by atoms with Crippen LogP contribution in [0.25, 0.3) is 0 Å². The van der Waals surface area contributed by atoms with Gasteiger partial charge in [-0.25, -0.2) is 8.78 Å². The fraction of sp³-hybridized carbons (Fsp3) is 0.364. The van der Waals surface area contributed by atoms with Gasteiger partial charge in [0.1, 0.15) is 5.82 Å². The molecule has 0 saturated carbocycles. The average Bonchev–Trinajstić information content (AvgIpc) is 2.16. The van der Waals surface area contributed by atoms with Gasteiger partial charge in [0.25, 0.3) is 0 Å². The average molecular weight is 230 g/mol. The lowest BCUT2D eigenvalue weighted by atomic mass is 10.1. The Bertz CT molecular complexity index is 402. The molecule has 0 radical (unpaired) electrons. The van der Waals surface area contributed by atoms with Crippen LogP contribution in [0.4, 0.5) is 8.78 Å². The van der Waals surface area contributed by atoms with E-state index < -0.39 is 29.6 Å². The molecule has 0 heterocycles. The van der Waals surface area contributed by atoms with E-state index in [1.807, 2.05) is 0 Å². The van der Waals surface area contributed by atoms with Crippen molar-refractivity contribution < 1.29 is 23.4 Å². The summed E-state index contributed by atoms with van der Waals surface area (Å²) in [6.07, 6.45) is -0.968. The summed E-state index contributed by atoms with van der Waals surface area (Å²) in [6.45, 7) is 3.39. The highest BCUT2D eigenvalue weighted by molar-refractivity contribution is 5.70. The first kappa shape index (κ1) is 12.4. The largest absolute Gasteiger partial charge is 0.488 e. The third kappa shape index (κ3) is 2.92. The van der Waals surface area contributed by atoms with Crippen molar-refractivity contribution in [2.45, 2.75) is 26.4 Å². The molecule has 1 N–H and O–H groups in total. The fourth-order valence-electron chi connectivity index (χ4n) is 1.23. The molecular formula is C11H12F2O3. The molecule has 16 heavy (non-hydrogen) atoms. The number of rotatable bonds is 4. The van der Waals surface area contributed by atoms with E-state index in [-0.39, 0.29) is 11.9 Å². The Morgan fingerprint density at radius 2 is 2.06 bits per heavy atom. The summed E-state index contributed by atoms with van der Waals surface area (Å²) < 4.78 is 31.9. The Kier molecular flexibility index (Phi) is 3.82. The molecule has 3 nitrogen and oxygen atoms in total. The lowest BCUT2D eigenvalue weighted by Gasteiger charge is -2.12. The molecule has 0 spiro atoms. The monoisotopic (exact) mass is 230 g/mol. The van der Waals surface area contributed by atoms with Crippen LogP contribution in [0.15, 0.2) is 12.1 Å². The first-order chi connectivity index (χ1) is 7.41. The highest BCUT2D eigenvalue weighted by Crippen LogP contribution is 2.24. The summed E-state index contributed by atoms with van der Waals surface area (Å²) in [5, 5.41) is 8.51. The summed E-state index contributed by atoms with van der Waals surface area (Å²) in [5.41, 5.74) is -0.481. The van der Waals surface area contributed by atoms with Crippen molar-refractivity contribution in [3.8, 4) is 5.75 Å². The topological polar surface area (TPSA) is 46.5 Å². The van der Waals surface area contributed by atoms with Crippen LogP contribution in [0.2, 0.25) is 0 Å². The van der Waals surface area contributed by atoms with Crippen molar-refractivity contribution >= 4 is 5.97 Å². The van der Waals surface area contributed by atoms with Gasteiger partial charge in [-0.05, 0) is 26.0 Å². The van der Waals surface area contributed by atoms with Crippen LogP contribution in [0.5, 0.6) is 5.75 Å². The molecule has 0 aliphatic rings. The Labute approximate surface area is 91.7 Å². The first-order valence-corrected chi connectivity index (χ1v) is 4.77. The number of aliphatic carboxylic acids is 1. The number of hydrogen-bond donors (Lipinski definition) is 1. The van der Waals surface area contributed by atoms with Crippen molar-refractivity contribution in [2.75, 3.05) is 0 Å². The molecular weight excluding hydrogens is 218 g/mol. The molecule has 0 aliphatic heterocycles. The second-order valence-electron chi connectivity index (χ2n) is 3.58. The molecule has 0 aliphatic carbocycles. The maximum Gasteiger partial charge on any atom is 0.308 e. The summed E-state index contributed by atoms with van der Waals surface area (Å²) in [4.78, 5) is 10.4. The van der Waals surface area contributed by atoms with Crippen LogP contribution in [0.1, 0.15) is 19.4 Å².